The quantitative estimate of drug-likeness (QED) is 0.867. The van der Waals surface area contributed by atoms with Gasteiger partial charge in [0.25, 0.3) is 0 Å². The summed E-state index contributed by atoms with van der Waals surface area (Å²) in [6.45, 7) is 0.472. The molecule has 5 nitrogen and oxygen atoms in total. The average Bonchev–Trinajstić information content (AvgIpc) is 2.89. The molecule has 0 saturated heterocycles. The first-order valence-electron chi connectivity index (χ1n) is 5.19. The molecule has 2 heterocycles. The highest BCUT2D eigenvalue weighted by Crippen LogP contribution is 1.98. The number of amides is 1. The van der Waals surface area contributed by atoms with E-state index in [2.05, 4.69) is 15.3 Å². The number of hydrogen-bond acceptors (Lipinski definition) is 3. The van der Waals surface area contributed by atoms with Crippen molar-refractivity contribution in [2.75, 3.05) is 6.54 Å². The molecule has 0 aromatic carbocycles. The molecule has 2 rings (SSSR count). The summed E-state index contributed by atoms with van der Waals surface area (Å²) in [4.78, 5) is 19.2. The van der Waals surface area contributed by atoms with Crippen LogP contribution in [-0.4, -0.2) is 27.1 Å². The van der Waals surface area contributed by atoms with E-state index in [0.29, 0.717) is 6.54 Å². The van der Waals surface area contributed by atoms with Crippen molar-refractivity contribution in [1.29, 1.82) is 0 Å². The standard InChI is InChI=1S/C12H12N4O/c17-12(16-9-8-14-10-16)15-5-1-2-11-3-6-13-7-4-11/h1-4,6-10H,5H2,(H,15,17). The lowest BCUT2D eigenvalue weighted by molar-refractivity contribution is 0.243. The van der Waals surface area contributed by atoms with E-state index in [1.807, 2.05) is 24.3 Å². The van der Waals surface area contributed by atoms with Crippen molar-refractivity contribution >= 4 is 12.1 Å². The van der Waals surface area contributed by atoms with Crippen LogP contribution in [0.1, 0.15) is 5.56 Å². The van der Waals surface area contributed by atoms with Crippen molar-refractivity contribution in [1.82, 2.24) is 19.9 Å². The Labute approximate surface area is 98.8 Å². The van der Waals surface area contributed by atoms with E-state index in [1.54, 1.807) is 24.8 Å². The molecule has 0 aliphatic rings. The molecular weight excluding hydrogens is 216 g/mol. The summed E-state index contributed by atoms with van der Waals surface area (Å²) in [6.07, 6.45) is 11.9. The van der Waals surface area contributed by atoms with Gasteiger partial charge in [-0.25, -0.2) is 9.78 Å². The number of pyridine rings is 1. The number of aromatic nitrogens is 3. The zero-order valence-electron chi connectivity index (χ0n) is 9.15. The molecule has 0 spiro atoms. The average molecular weight is 228 g/mol. The van der Waals surface area contributed by atoms with Crippen LogP contribution in [0.2, 0.25) is 0 Å². The fourth-order valence-corrected chi connectivity index (χ4v) is 1.29. The van der Waals surface area contributed by atoms with Crippen LogP contribution < -0.4 is 5.32 Å². The Balaban J connectivity index is 1.80. The van der Waals surface area contributed by atoms with Crippen LogP contribution in [0.4, 0.5) is 4.79 Å². The maximum atomic E-state index is 11.5. The number of nitrogens with one attached hydrogen (secondary N) is 1. The van der Waals surface area contributed by atoms with E-state index in [9.17, 15) is 4.79 Å². The van der Waals surface area contributed by atoms with Crippen LogP contribution in [0.25, 0.3) is 6.08 Å². The van der Waals surface area contributed by atoms with Gasteiger partial charge in [0.15, 0.2) is 0 Å². The van der Waals surface area contributed by atoms with Crippen molar-refractivity contribution in [2.45, 2.75) is 0 Å². The molecule has 0 fully saturated rings. The minimum Gasteiger partial charge on any atom is -0.334 e. The van der Waals surface area contributed by atoms with Gasteiger partial charge in [-0.05, 0) is 17.7 Å². The zero-order valence-corrected chi connectivity index (χ0v) is 9.15. The van der Waals surface area contributed by atoms with Crippen molar-refractivity contribution in [3.8, 4) is 0 Å². The van der Waals surface area contributed by atoms with E-state index >= 15 is 0 Å². The third kappa shape index (κ3) is 3.27. The molecule has 0 saturated carbocycles. The van der Waals surface area contributed by atoms with Gasteiger partial charge in [0.2, 0.25) is 0 Å². The highest BCUT2D eigenvalue weighted by atomic mass is 16.2. The summed E-state index contributed by atoms with van der Waals surface area (Å²) in [5.74, 6) is 0. The first kappa shape index (κ1) is 11.1. The number of rotatable bonds is 3. The highest BCUT2D eigenvalue weighted by molar-refractivity contribution is 5.76. The number of carbonyl (C=O) groups is 1. The smallest absolute Gasteiger partial charge is 0.327 e. The molecular formula is C12H12N4O. The normalized spacial score (nSPS) is 10.6. The second-order valence-electron chi connectivity index (χ2n) is 3.34. The van der Waals surface area contributed by atoms with Crippen molar-refractivity contribution in [2.24, 2.45) is 0 Å². The Morgan fingerprint density at radius 1 is 1.29 bits per heavy atom. The van der Waals surface area contributed by atoms with Gasteiger partial charge in [0.05, 0.1) is 0 Å². The Morgan fingerprint density at radius 2 is 2.12 bits per heavy atom. The van der Waals surface area contributed by atoms with Crippen LogP contribution in [0.3, 0.4) is 0 Å². The van der Waals surface area contributed by atoms with Crippen molar-refractivity contribution < 1.29 is 4.79 Å². The lowest BCUT2D eigenvalue weighted by Gasteiger charge is -2.01. The van der Waals surface area contributed by atoms with Gasteiger partial charge < -0.3 is 5.32 Å². The third-order valence-corrected chi connectivity index (χ3v) is 2.13. The van der Waals surface area contributed by atoms with Gasteiger partial charge in [-0.15, -0.1) is 0 Å². The minimum absolute atomic E-state index is 0.193. The van der Waals surface area contributed by atoms with Crippen LogP contribution >= 0.6 is 0 Å². The van der Waals surface area contributed by atoms with Gasteiger partial charge in [0.1, 0.15) is 6.33 Å². The number of imidazole rings is 1. The molecule has 5 heteroatoms. The van der Waals surface area contributed by atoms with Gasteiger partial charge >= 0.3 is 6.03 Å². The van der Waals surface area contributed by atoms with Crippen LogP contribution in [0, 0.1) is 0 Å². The Morgan fingerprint density at radius 3 is 2.82 bits per heavy atom. The highest BCUT2D eigenvalue weighted by Gasteiger charge is 1.99. The van der Waals surface area contributed by atoms with Gasteiger partial charge in [-0.3, -0.25) is 9.55 Å². The molecule has 0 aliphatic carbocycles. The Hall–Kier alpha value is -2.43. The Bertz CT molecular complexity index is 490. The molecule has 0 aliphatic heterocycles. The lowest BCUT2D eigenvalue weighted by atomic mass is 10.2. The van der Waals surface area contributed by atoms with E-state index in [4.69, 9.17) is 0 Å². The van der Waals surface area contributed by atoms with E-state index in [1.165, 1.54) is 10.9 Å². The maximum Gasteiger partial charge on any atom is 0.327 e. The second-order valence-corrected chi connectivity index (χ2v) is 3.34. The summed E-state index contributed by atoms with van der Waals surface area (Å²) in [7, 11) is 0. The molecule has 0 bridgehead atoms. The fraction of sp³-hybridized carbons (Fsp3) is 0.0833. The van der Waals surface area contributed by atoms with Crippen molar-refractivity contribution in [3.63, 3.8) is 0 Å². The summed E-state index contributed by atoms with van der Waals surface area (Å²) in [5, 5.41) is 2.74. The van der Waals surface area contributed by atoms with Crippen LogP contribution in [0.5, 0.6) is 0 Å². The lowest BCUT2D eigenvalue weighted by Crippen LogP contribution is -2.27. The van der Waals surface area contributed by atoms with Crippen LogP contribution in [-0.2, 0) is 0 Å². The molecule has 0 unspecified atom stereocenters. The molecule has 86 valence electrons. The first-order valence-corrected chi connectivity index (χ1v) is 5.19. The molecule has 1 amide bonds. The van der Waals surface area contributed by atoms with Gasteiger partial charge in [-0.2, -0.15) is 0 Å². The molecule has 2 aromatic heterocycles. The fourth-order valence-electron chi connectivity index (χ4n) is 1.29. The number of hydrogen-bond donors (Lipinski definition) is 1. The molecule has 0 radical (unpaired) electrons. The number of nitrogens with zero attached hydrogens (tertiary/aromatic N) is 3. The van der Waals surface area contributed by atoms with Gasteiger partial charge in [-0.1, -0.05) is 12.2 Å². The van der Waals surface area contributed by atoms with E-state index < -0.39 is 0 Å². The van der Waals surface area contributed by atoms with Crippen LogP contribution in [0.15, 0.2) is 49.3 Å². The number of carbonyl (C=O) groups excluding carboxylic acids is 1. The predicted molar refractivity (Wildman–Crippen MR) is 64.3 cm³/mol. The molecule has 0 atom stereocenters. The maximum absolute atomic E-state index is 11.5. The minimum atomic E-state index is -0.193. The van der Waals surface area contributed by atoms with Gasteiger partial charge in [0, 0.05) is 31.3 Å². The topological polar surface area (TPSA) is 59.8 Å². The summed E-state index contributed by atoms with van der Waals surface area (Å²) >= 11 is 0. The second kappa shape index (κ2) is 5.60. The van der Waals surface area contributed by atoms with E-state index in [0.717, 1.165) is 5.56 Å². The predicted octanol–water partition coefficient (Wildman–Crippen LogP) is 1.55. The SMILES string of the molecule is O=C(NCC=Cc1ccncc1)n1ccnc1. The molecule has 2 aromatic rings. The summed E-state index contributed by atoms with van der Waals surface area (Å²) in [5.41, 5.74) is 1.05. The monoisotopic (exact) mass is 228 g/mol. The molecule has 17 heavy (non-hydrogen) atoms. The first-order chi connectivity index (χ1) is 8.36. The third-order valence-electron chi connectivity index (χ3n) is 2.13. The van der Waals surface area contributed by atoms with Crippen molar-refractivity contribution in [3.05, 3.63) is 54.9 Å². The zero-order chi connectivity index (χ0) is 11.9. The largest absolute Gasteiger partial charge is 0.334 e. The summed E-state index contributed by atoms with van der Waals surface area (Å²) in [6, 6.07) is 3.60. The molecule has 1 N–H and O–H groups in total. The summed E-state index contributed by atoms with van der Waals surface area (Å²) < 4.78 is 1.39. The van der Waals surface area contributed by atoms with E-state index in [-0.39, 0.29) is 6.03 Å². The Kier molecular flexibility index (Phi) is 3.64.